The molecule has 0 aliphatic heterocycles. The highest BCUT2D eigenvalue weighted by Crippen LogP contribution is 2.42. The number of hydrogen-bond donors (Lipinski definition) is 2. The number of ether oxygens (including phenoxy) is 2. The van der Waals surface area contributed by atoms with Crippen molar-refractivity contribution in [3.63, 3.8) is 0 Å². The molecule has 0 spiro atoms. The molecule has 3 aromatic rings. The van der Waals surface area contributed by atoms with Crippen molar-refractivity contribution < 1.29 is 23.3 Å². The molecule has 188 valence electrons. The smallest absolute Gasteiger partial charge is 0.241 e. The van der Waals surface area contributed by atoms with E-state index in [-0.39, 0.29) is 11.8 Å². The summed E-state index contributed by atoms with van der Waals surface area (Å²) in [5.74, 6) is 6.67. The Kier molecular flexibility index (Phi) is 8.63. The van der Waals surface area contributed by atoms with Gasteiger partial charge in [0.15, 0.2) is 6.35 Å². The van der Waals surface area contributed by atoms with Crippen LogP contribution < -0.4 is 20.7 Å². The van der Waals surface area contributed by atoms with Crippen molar-refractivity contribution >= 4 is 25.2 Å². The zero-order chi connectivity index (χ0) is 24.8. The highest BCUT2D eigenvalue weighted by molar-refractivity contribution is 7.47. The minimum absolute atomic E-state index is 0.156. The van der Waals surface area contributed by atoms with Gasteiger partial charge in [-0.3, -0.25) is 10.2 Å². The number of carbonyl (C=O) groups is 1. The summed E-state index contributed by atoms with van der Waals surface area (Å²) in [4.78, 5) is 12.7. The van der Waals surface area contributed by atoms with Gasteiger partial charge >= 0.3 is 0 Å². The highest BCUT2D eigenvalue weighted by Gasteiger charge is 2.32. The number of carbonyl (C=O) groups excluding carboxylic acids is 1. The van der Waals surface area contributed by atoms with Gasteiger partial charge in [-0.15, -0.1) is 0 Å². The molecule has 1 amide bonds. The largest absolute Gasteiger partial charge is 0.497 e. The molecule has 1 heterocycles. The third kappa shape index (κ3) is 5.62. The summed E-state index contributed by atoms with van der Waals surface area (Å²) in [5, 5.41) is 1.02. The fourth-order valence-corrected chi connectivity index (χ4v) is 5.82. The van der Waals surface area contributed by atoms with Gasteiger partial charge in [0.05, 0.1) is 26.2 Å². The average molecular weight is 500 g/mol. The number of amides is 1. The summed E-state index contributed by atoms with van der Waals surface area (Å²) in [6, 6.07) is 14.2. The molecule has 0 fully saturated rings. The first-order valence-corrected chi connectivity index (χ1v) is 13.4. The topological polar surface area (TPSA) is 97.0 Å². The number of hydrazine groups is 1. The SMILES string of the molecule is CCOP(COc1ccc2c(c1)c1c(n2Cc2ccc(OC)cc2)CCC[C@@H]1C(=O)NN)OCC. The molecule has 1 aliphatic carbocycles. The van der Waals surface area contributed by atoms with Crippen LogP contribution in [0.3, 0.4) is 0 Å². The average Bonchev–Trinajstić information content (AvgIpc) is 3.20. The van der Waals surface area contributed by atoms with E-state index in [0.717, 1.165) is 52.8 Å². The van der Waals surface area contributed by atoms with Crippen LogP contribution in [-0.2, 0) is 26.8 Å². The lowest BCUT2D eigenvalue weighted by Crippen LogP contribution is -2.36. The molecule has 1 aliphatic rings. The molecule has 0 unspecified atom stereocenters. The van der Waals surface area contributed by atoms with E-state index in [4.69, 9.17) is 24.4 Å². The molecule has 0 saturated carbocycles. The van der Waals surface area contributed by atoms with Crippen LogP contribution in [0.1, 0.15) is 49.4 Å². The van der Waals surface area contributed by atoms with Crippen LogP contribution in [0.5, 0.6) is 11.5 Å². The van der Waals surface area contributed by atoms with Crippen molar-refractivity contribution in [2.24, 2.45) is 5.84 Å². The van der Waals surface area contributed by atoms with Gasteiger partial charge in [-0.05, 0) is 74.6 Å². The van der Waals surface area contributed by atoms with Gasteiger partial charge in [-0.25, -0.2) is 5.84 Å². The first-order valence-electron chi connectivity index (χ1n) is 12.0. The van der Waals surface area contributed by atoms with Crippen molar-refractivity contribution in [3.05, 3.63) is 59.3 Å². The lowest BCUT2D eigenvalue weighted by atomic mass is 9.84. The standard InChI is InChI=1S/C26H34N3O5P/c1-4-33-35(34-5-2)17-32-20-13-14-23-22(15-20)25-21(26(30)28-27)7-6-8-24(25)29(23)16-18-9-11-19(31-3)12-10-18/h9-15,21H,4-8,16-17,27H2,1-3H3,(H,28,30)/t21-/m0/s1. The molecule has 9 heteroatoms. The van der Waals surface area contributed by atoms with Crippen LogP contribution >= 0.6 is 8.38 Å². The normalized spacial score (nSPS) is 15.3. The highest BCUT2D eigenvalue weighted by atomic mass is 31.2. The second kappa shape index (κ2) is 11.9. The third-order valence-corrected chi connectivity index (χ3v) is 7.71. The molecule has 0 bridgehead atoms. The predicted octanol–water partition coefficient (Wildman–Crippen LogP) is 4.83. The van der Waals surface area contributed by atoms with Crippen molar-refractivity contribution in [1.82, 2.24) is 9.99 Å². The number of methoxy groups -OCH3 is 1. The second-order valence-corrected chi connectivity index (χ2v) is 9.81. The Bertz CT molecular complexity index is 1140. The molecule has 3 N–H and O–H groups in total. The fraction of sp³-hybridized carbons (Fsp3) is 0.423. The number of rotatable bonds is 11. The summed E-state index contributed by atoms with van der Waals surface area (Å²) in [6.07, 6.45) is 2.96. The molecule has 2 aromatic carbocycles. The minimum atomic E-state index is -1.11. The zero-order valence-corrected chi connectivity index (χ0v) is 21.5. The summed E-state index contributed by atoms with van der Waals surface area (Å²) in [7, 11) is 0.556. The summed E-state index contributed by atoms with van der Waals surface area (Å²) < 4.78 is 25.0. The van der Waals surface area contributed by atoms with Crippen LogP contribution in [0, 0.1) is 0 Å². The molecule has 1 aromatic heterocycles. The first kappa shape index (κ1) is 25.5. The van der Waals surface area contributed by atoms with E-state index < -0.39 is 8.38 Å². The maximum atomic E-state index is 12.7. The molecule has 35 heavy (non-hydrogen) atoms. The van der Waals surface area contributed by atoms with Crippen LogP contribution in [-0.4, -0.2) is 37.1 Å². The number of nitrogens with one attached hydrogen (secondary N) is 1. The van der Waals surface area contributed by atoms with Crippen LogP contribution in [0.15, 0.2) is 42.5 Å². The molecular weight excluding hydrogens is 465 g/mol. The number of nitrogens with zero attached hydrogens (tertiary/aromatic N) is 1. The van der Waals surface area contributed by atoms with Gasteiger partial charge in [-0.2, -0.15) is 0 Å². The zero-order valence-electron chi connectivity index (χ0n) is 20.6. The van der Waals surface area contributed by atoms with E-state index in [1.165, 1.54) is 5.69 Å². The quantitative estimate of drug-likeness (QED) is 0.170. The Morgan fingerprint density at radius 1 is 1.11 bits per heavy atom. The van der Waals surface area contributed by atoms with E-state index in [0.29, 0.717) is 26.1 Å². The lowest BCUT2D eigenvalue weighted by molar-refractivity contribution is -0.122. The van der Waals surface area contributed by atoms with E-state index in [9.17, 15) is 4.79 Å². The Balaban J connectivity index is 1.73. The van der Waals surface area contributed by atoms with Crippen LogP contribution in [0.4, 0.5) is 0 Å². The Morgan fingerprint density at radius 3 is 2.49 bits per heavy atom. The first-order chi connectivity index (χ1) is 17.1. The van der Waals surface area contributed by atoms with Crippen molar-refractivity contribution in [3.8, 4) is 11.5 Å². The van der Waals surface area contributed by atoms with Crippen molar-refractivity contribution in [2.45, 2.75) is 45.6 Å². The summed E-state index contributed by atoms with van der Waals surface area (Å²) in [6.45, 7) is 5.74. The molecule has 1 atom stereocenters. The number of nitrogens with two attached hydrogens (primary N) is 1. The van der Waals surface area contributed by atoms with Crippen LogP contribution in [0.2, 0.25) is 0 Å². The third-order valence-electron chi connectivity index (χ3n) is 6.28. The molecule has 4 rings (SSSR count). The summed E-state index contributed by atoms with van der Waals surface area (Å²) >= 11 is 0. The van der Waals surface area contributed by atoms with Gasteiger partial charge < -0.3 is 23.1 Å². The minimum Gasteiger partial charge on any atom is -0.497 e. The second-order valence-electron chi connectivity index (χ2n) is 8.37. The van der Waals surface area contributed by atoms with E-state index in [1.807, 2.05) is 38.1 Å². The molecule has 0 radical (unpaired) electrons. The molecular formula is C26H34N3O5P. The van der Waals surface area contributed by atoms with Crippen molar-refractivity contribution in [1.29, 1.82) is 0 Å². The maximum absolute atomic E-state index is 12.7. The van der Waals surface area contributed by atoms with E-state index in [1.54, 1.807) is 7.11 Å². The van der Waals surface area contributed by atoms with Crippen LogP contribution in [0.25, 0.3) is 10.9 Å². The number of fused-ring (bicyclic) bond motifs is 3. The molecule has 8 nitrogen and oxygen atoms in total. The van der Waals surface area contributed by atoms with Gasteiger partial charge in [0.2, 0.25) is 14.3 Å². The number of hydrogen-bond acceptors (Lipinski definition) is 6. The van der Waals surface area contributed by atoms with Gasteiger partial charge in [0.25, 0.3) is 0 Å². The summed E-state index contributed by atoms with van der Waals surface area (Å²) in [5.41, 5.74) is 6.83. The lowest BCUT2D eigenvalue weighted by Gasteiger charge is -2.23. The van der Waals surface area contributed by atoms with E-state index >= 15 is 0 Å². The maximum Gasteiger partial charge on any atom is 0.241 e. The van der Waals surface area contributed by atoms with Gasteiger partial charge in [-0.1, -0.05) is 12.1 Å². The number of aromatic nitrogens is 1. The predicted molar refractivity (Wildman–Crippen MR) is 138 cm³/mol. The molecule has 0 saturated heterocycles. The van der Waals surface area contributed by atoms with Crippen molar-refractivity contribution in [2.75, 3.05) is 26.7 Å². The van der Waals surface area contributed by atoms with Gasteiger partial charge in [0, 0.05) is 23.1 Å². The Labute approximate surface area is 207 Å². The van der Waals surface area contributed by atoms with Gasteiger partial charge in [0.1, 0.15) is 11.5 Å². The number of benzene rings is 2. The Hall–Kier alpha value is -2.64. The fourth-order valence-electron chi connectivity index (χ4n) is 4.76. The Morgan fingerprint density at radius 2 is 1.83 bits per heavy atom. The monoisotopic (exact) mass is 499 g/mol. The van der Waals surface area contributed by atoms with E-state index in [2.05, 4.69) is 28.2 Å².